The predicted molar refractivity (Wildman–Crippen MR) is 45.5 cm³/mol. The minimum Gasteiger partial charge on any atom is -0.307 e. The lowest BCUT2D eigenvalue weighted by Crippen LogP contribution is -2.11. The summed E-state index contributed by atoms with van der Waals surface area (Å²) in [6.07, 6.45) is 3.85. The van der Waals surface area contributed by atoms with Gasteiger partial charge in [0.05, 0.1) is 0 Å². The summed E-state index contributed by atoms with van der Waals surface area (Å²) < 4.78 is 0. The highest BCUT2D eigenvalue weighted by atomic mass is 32.2. The van der Waals surface area contributed by atoms with E-state index in [1.54, 1.807) is 0 Å². The topological polar surface area (TPSA) is 24.4 Å². The third-order valence-corrected chi connectivity index (χ3v) is 2.82. The minimum atomic E-state index is 0.720. The van der Waals surface area contributed by atoms with Gasteiger partial charge in [0.25, 0.3) is 0 Å². The zero-order chi connectivity index (χ0) is 6.81. The first-order valence-electron chi connectivity index (χ1n) is 3.84. The summed E-state index contributed by atoms with van der Waals surface area (Å²) in [5.41, 5.74) is 4.53. The number of hydrogen-bond donors (Lipinski definition) is 1. The van der Waals surface area contributed by atoms with Crippen molar-refractivity contribution in [3.63, 3.8) is 0 Å². The average molecular weight is 156 g/mol. The minimum absolute atomic E-state index is 0.720. The summed E-state index contributed by atoms with van der Waals surface area (Å²) in [6, 6.07) is 0.720. The van der Waals surface area contributed by atoms with Gasteiger partial charge in [0, 0.05) is 17.5 Å². The average Bonchev–Trinajstić information content (AvgIpc) is 2.63. The maximum absolute atomic E-state index is 4.33. The highest BCUT2D eigenvalue weighted by Gasteiger charge is 2.20. The summed E-state index contributed by atoms with van der Waals surface area (Å²) >= 11 is 1.98. The van der Waals surface area contributed by atoms with Gasteiger partial charge in [-0.1, -0.05) is 0 Å². The molecule has 1 heterocycles. The van der Waals surface area contributed by atoms with E-state index < -0.39 is 0 Å². The lowest BCUT2D eigenvalue weighted by atomic mass is 10.3. The third-order valence-electron chi connectivity index (χ3n) is 1.79. The number of rotatable bonds is 2. The molecule has 2 fully saturated rings. The molecule has 0 aromatic carbocycles. The van der Waals surface area contributed by atoms with Gasteiger partial charge in [-0.25, -0.2) is 0 Å². The molecule has 1 saturated carbocycles. The van der Waals surface area contributed by atoms with Gasteiger partial charge < -0.3 is 5.43 Å². The van der Waals surface area contributed by atoms with Gasteiger partial charge in [0.1, 0.15) is 0 Å². The van der Waals surface area contributed by atoms with E-state index in [1.807, 2.05) is 11.8 Å². The molecule has 0 spiro atoms. The second-order valence-corrected chi connectivity index (χ2v) is 3.99. The molecule has 1 aliphatic heterocycles. The molecular weight excluding hydrogens is 144 g/mol. The zero-order valence-corrected chi connectivity index (χ0v) is 6.78. The SMILES string of the molecule is C1C/C(=N\NC2CC2)CS1. The number of hydrogen-bond acceptors (Lipinski definition) is 3. The summed E-state index contributed by atoms with van der Waals surface area (Å²) in [7, 11) is 0. The van der Waals surface area contributed by atoms with Crippen LogP contribution in [0.4, 0.5) is 0 Å². The maximum Gasteiger partial charge on any atom is 0.0485 e. The van der Waals surface area contributed by atoms with Crippen LogP contribution in [0.2, 0.25) is 0 Å². The van der Waals surface area contributed by atoms with E-state index in [9.17, 15) is 0 Å². The molecule has 1 N–H and O–H groups in total. The Bertz CT molecular complexity index is 144. The monoisotopic (exact) mass is 156 g/mol. The van der Waals surface area contributed by atoms with Gasteiger partial charge in [-0.15, -0.1) is 0 Å². The Morgan fingerprint density at radius 1 is 1.50 bits per heavy atom. The second kappa shape index (κ2) is 2.82. The van der Waals surface area contributed by atoms with Crippen LogP contribution in [0.25, 0.3) is 0 Å². The Balaban J connectivity index is 1.77. The molecule has 0 radical (unpaired) electrons. The molecule has 3 heteroatoms. The van der Waals surface area contributed by atoms with Gasteiger partial charge >= 0.3 is 0 Å². The smallest absolute Gasteiger partial charge is 0.0485 e. The molecule has 1 saturated heterocycles. The number of hydrazone groups is 1. The van der Waals surface area contributed by atoms with Crippen LogP contribution in [0.1, 0.15) is 19.3 Å². The molecule has 0 bridgehead atoms. The van der Waals surface area contributed by atoms with Crippen molar-refractivity contribution in [3.8, 4) is 0 Å². The van der Waals surface area contributed by atoms with Crippen molar-refractivity contribution in [3.05, 3.63) is 0 Å². The van der Waals surface area contributed by atoms with E-state index in [0.29, 0.717) is 0 Å². The van der Waals surface area contributed by atoms with Crippen molar-refractivity contribution in [2.75, 3.05) is 11.5 Å². The van der Waals surface area contributed by atoms with Crippen LogP contribution < -0.4 is 5.43 Å². The van der Waals surface area contributed by atoms with E-state index in [2.05, 4.69) is 10.5 Å². The molecule has 56 valence electrons. The number of nitrogens with one attached hydrogen (secondary N) is 1. The molecule has 10 heavy (non-hydrogen) atoms. The Labute approximate surface area is 65.5 Å². The van der Waals surface area contributed by atoms with Crippen LogP contribution in [-0.2, 0) is 0 Å². The molecule has 2 rings (SSSR count). The molecule has 1 aliphatic carbocycles. The summed E-state index contributed by atoms with van der Waals surface area (Å²) in [4.78, 5) is 0. The van der Waals surface area contributed by atoms with Crippen molar-refractivity contribution in [1.82, 2.24) is 5.43 Å². The molecule has 0 aromatic heterocycles. The fraction of sp³-hybridized carbons (Fsp3) is 0.857. The molecule has 0 aromatic rings. The molecule has 0 atom stereocenters. The second-order valence-electron chi connectivity index (χ2n) is 2.88. The molecular formula is C7H12N2S. The third kappa shape index (κ3) is 1.66. The lowest BCUT2D eigenvalue weighted by molar-refractivity contribution is 0.735. The Hall–Kier alpha value is -0.180. The van der Waals surface area contributed by atoms with Crippen molar-refractivity contribution in [1.29, 1.82) is 0 Å². The zero-order valence-electron chi connectivity index (χ0n) is 5.97. The first-order valence-corrected chi connectivity index (χ1v) is 4.99. The van der Waals surface area contributed by atoms with E-state index in [1.165, 1.54) is 30.7 Å². The van der Waals surface area contributed by atoms with Crippen LogP contribution in [0.3, 0.4) is 0 Å². The standard InChI is InChI=1S/C7H12N2S/c1-2-6(1)8-9-7-3-4-10-5-7/h6,8H,1-5H2/b9-7+. The summed E-state index contributed by atoms with van der Waals surface area (Å²) in [6.45, 7) is 0. The molecule has 2 aliphatic rings. The van der Waals surface area contributed by atoms with Crippen LogP contribution >= 0.6 is 11.8 Å². The van der Waals surface area contributed by atoms with Gasteiger partial charge in [0.15, 0.2) is 0 Å². The first-order chi connectivity index (χ1) is 4.95. The molecule has 0 unspecified atom stereocenters. The highest BCUT2D eigenvalue weighted by molar-refractivity contribution is 8.00. The first kappa shape index (κ1) is 6.53. The number of nitrogens with zero attached hydrogens (tertiary/aromatic N) is 1. The van der Waals surface area contributed by atoms with Crippen LogP contribution in [0.15, 0.2) is 5.10 Å². The van der Waals surface area contributed by atoms with Crippen molar-refractivity contribution >= 4 is 17.5 Å². The summed E-state index contributed by atoms with van der Waals surface area (Å²) in [5.74, 6) is 2.42. The Morgan fingerprint density at radius 3 is 3.00 bits per heavy atom. The molecule has 0 amide bonds. The van der Waals surface area contributed by atoms with Crippen molar-refractivity contribution in [2.24, 2.45) is 5.10 Å². The van der Waals surface area contributed by atoms with Crippen molar-refractivity contribution in [2.45, 2.75) is 25.3 Å². The lowest BCUT2D eigenvalue weighted by Gasteiger charge is -1.96. The van der Waals surface area contributed by atoms with E-state index in [-0.39, 0.29) is 0 Å². The van der Waals surface area contributed by atoms with Crippen LogP contribution in [0.5, 0.6) is 0 Å². The van der Waals surface area contributed by atoms with Crippen molar-refractivity contribution < 1.29 is 0 Å². The van der Waals surface area contributed by atoms with Gasteiger partial charge in [-0.3, -0.25) is 0 Å². The molecule has 2 nitrogen and oxygen atoms in total. The van der Waals surface area contributed by atoms with E-state index in [4.69, 9.17) is 0 Å². The van der Waals surface area contributed by atoms with Crippen LogP contribution in [-0.4, -0.2) is 23.3 Å². The Kier molecular flexibility index (Phi) is 1.84. The maximum atomic E-state index is 4.33. The summed E-state index contributed by atoms with van der Waals surface area (Å²) in [5, 5.41) is 4.33. The van der Waals surface area contributed by atoms with Gasteiger partial charge in [-0.2, -0.15) is 16.9 Å². The predicted octanol–water partition coefficient (Wildman–Crippen LogP) is 1.23. The van der Waals surface area contributed by atoms with Gasteiger partial charge in [-0.05, 0) is 25.0 Å². The largest absolute Gasteiger partial charge is 0.307 e. The fourth-order valence-corrected chi connectivity index (χ4v) is 1.90. The quantitative estimate of drug-likeness (QED) is 0.608. The van der Waals surface area contributed by atoms with Crippen LogP contribution in [0, 0.1) is 0 Å². The Morgan fingerprint density at radius 2 is 2.40 bits per heavy atom. The highest BCUT2D eigenvalue weighted by Crippen LogP contribution is 2.19. The van der Waals surface area contributed by atoms with E-state index >= 15 is 0 Å². The normalized spacial score (nSPS) is 29.4. The van der Waals surface area contributed by atoms with Gasteiger partial charge in [0.2, 0.25) is 0 Å². The fourth-order valence-electron chi connectivity index (χ4n) is 0.935. The number of thioether (sulfide) groups is 1. The van der Waals surface area contributed by atoms with E-state index in [0.717, 1.165) is 11.8 Å².